The summed E-state index contributed by atoms with van der Waals surface area (Å²) < 4.78 is 38.5. The number of carbonyl (C=O) groups is 1. The Morgan fingerprint density at radius 3 is 2.58 bits per heavy atom. The molecule has 2 aromatic carbocycles. The van der Waals surface area contributed by atoms with Crippen molar-refractivity contribution in [1.82, 2.24) is 4.90 Å². The fraction of sp³-hybridized carbons (Fsp3) is 0.350. The third-order valence-corrected chi connectivity index (χ3v) is 5.80. The lowest BCUT2D eigenvalue weighted by atomic mass is 10.1. The van der Waals surface area contributed by atoms with Crippen molar-refractivity contribution in [1.29, 1.82) is 0 Å². The first-order valence-electron chi connectivity index (χ1n) is 8.54. The molecular weight excluding hydrogens is 359 g/mol. The molecule has 0 N–H and O–H groups in total. The molecule has 6 heteroatoms. The third kappa shape index (κ3) is 4.81. The van der Waals surface area contributed by atoms with E-state index < -0.39 is 11.7 Å². The lowest BCUT2D eigenvalue weighted by Gasteiger charge is -2.20. The van der Waals surface area contributed by atoms with Crippen molar-refractivity contribution >= 4 is 17.7 Å². The highest BCUT2D eigenvalue weighted by atomic mass is 32.2. The zero-order valence-corrected chi connectivity index (χ0v) is 15.0. The smallest absolute Gasteiger partial charge is 0.342 e. The molecule has 2 aromatic rings. The van der Waals surface area contributed by atoms with Gasteiger partial charge >= 0.3 is 6.18 Å². The number of carbonyl (C=O) groups excluding carboxylic acids is 1. The number of amides is 1. The van der Waals surface area contributed by atoms with Gasteiger partial charge in [0.15, 0.2) is 0 Å². The van der Waals surface area contributed by atoms with Crippen molar-refractivity contribution in [3.05, 3.63) is 71.3 Å². The van der Waals surface area contributed by atoms with E-state index in [2.05, 4.69) is 12.1 Å². The van der Waals surface area contributed by atoms with Gasteiger partial charge in [0.05, 0.1) is 12.0 Å². The molecule has 1 fully saturated rings. The first-order chi connectivity index (χ1) is 12.4. The molecule has 0 spiro atoms. The summed E-state index contributed by atoms with van der Waals surface area (Å²) in [7, 11) is 0. The van der Waals surface area contributed by atoms with Gasteiger partial charge in [0.1, 0.15) is 0 Å². The molecule has 0 aliphatic carbocycles. The Balaban J connectivity index is 1.62. The van der Waals surface area contributed by atoms with Crippen molar-refractivity contribution in [3.8, 4) is 0 Å². The minimum absolute atomic E-state index is 0.00455. The molecule has 1 atom stereocenters. The average molecular weight is 379 g/mol. The molecule has 0 aromatic heterocycles. The van der Waals surface area contributed by atoms with E-state index in [9.17, 15) is 18.0 Å². The summed E-state index contributed by atoms with van der Waals surface area (Å²) in [5.41, 5.74) is 0.948. The van der Waals surface area contributed by atoms with Crippen molar-refractivity contribution in [2.45, 2.75) is 24.3 Å². The summed E-state index contributed by atoms with van der Waals surface area (Å²) in [5, 5.41) is 0.350. The van der Waals surface area contributed by atoms with Crippen LogP contribution in [0.1, 0.15) is 28.4 Å². The van der Waals surface area contributed by atoms with Gasteiger partial charge in [0.2, 0.25) is 5.91 Å². The van der Waals surface area contributed by atoms with E-state index in [4.69, 9.17) is 0 Å². The third-order valence-electron chi connectivity index (χ3n) is 4.48. The SMILES string of the molecule is O=C(Cc1cccc(C(F)(F)F)c1)N1CCSC(c2ccccc2)CC1. The number of hydrogen-bond acceptors (Lipinski definition) is 2. The number of benzene rings is 2. The average Bonchev–Trinajstić information content (AvgIpc) is 2.88. The normalized spacial score (nSPS) is 18.4. The minimum Gasteiger partial charge on any atom is -0.342 e. The molecule has 0 saturated carbocycles. The Bertz CT molecular complexity index is 748. The number of thioether (sulfide) groups is 1. The Hall–Kier alpha value is -1.95. The zero-order chi connectivity index (χ0) is 18.6. The highest BCUT2D eigenvalue weighted by Crippen LogP contribution is 2.34. The Kier molecular flexibility index (Phi) is 5.91. The number of rotatable bonds is 3. The predicted octanol–water partition coefficient (Wildman–Crippen LogP) is 4.95. The van der Waals surface area contributed by atoms with Crippen molar-refractivity contribution in [3.63, 3.8) is 0 Å². The Morgan fingerprint density at radius 2 is 1.85 bits per heavy atom. The molecule has 2 nitrogen and oxygen atoms in total. The van der Waals surface area contributed by atoms with Crippen LogP contribution in [0.2, 0.25) is 0 Å². The second-order valence-electron chi connectivity index (χ2n) is 6.31. The standard InChI is InChI=1S/C20H20F3NOS/c21-20(22,23)17-8-4-5-15(13-17)14-19(25)24-10-9-18(26-12-11-24)16-6-2-1-3-7-16/h1-8,13,18H,9-12,14H2. The molecule has 3 rings (SSSR count). The largest absolute Gasteiger partial charge is 0.416 e. The van der Waals surface area contributed by atoms with E-state index in [1.54, 1.807) is 11.0 Å². The van der Waals surface area contributed by atoms with Gasteiger partial charge in [-0.15, -0.1) is 0 Å². The first-order valence-corrected chi connectivity index (χ1v) is 9.59. The van der Waals surface area contributed by atoms with Gasteiger partial charge < -0.3 is 4.90 Å². The van der Waals surface area contributed by atoms with Crippen LogP contribution in [-0.2, 0) is 17.4 Å². The molecular formula is C20H20F3NOS. The summed E-state index contributed by atoms with van der Waals surface area (Å²) in [4.78, 5) is 14.3. The van der Waals surface area contributed by atoms with Crippen LogP contribution < -0.4 is 0 Å². The molecule has 1 unspecified atom stereocenters. The quantitative estimate of drug-likeness (QED) is 0.752. The molecule has 1 saturated heterocycles. The Morgan fingerprint density at radius 1 is 1.08 bits per heavy atom. The van der Waals surface area contributed by atoms with Crippen molar-refractivity contribution < 1.29 is 18.0 Å². The maximum atomic E-state index is 12.8. The number of alkyl halides is 3. The van der Waals surface area contributed by atoms with Crippen molar-refractivity contribution in [2.24, 2.45) is 0 Å². The second kappa shape index (κ2) is 8.16. The fourth-order valence-corrected chi connectivity index (χ4v) is 4.33. The summed E-state index contributed by atoms with van der Waals surface area (Å²) in [5.74, 6) is 0.715. The van der Waals surface area contributed by atoms with Crippen molar-refractivity contribution in [2.75, 3.05) is 18.8 Å². The number of hydrogen-bond donors (Lipinski definition) is 0. The van der Waals surface area contributed by atoms with Crippen LogP contribution in [0.5, 0.6) is 0 Å². The molecule has 1 aliphatic rings. The maximum absolute atomic E-state index is 12.8. The molecule has 26 heavy (non-hydrogen) atoms. The van der Waals surface area contributed by atoms with Crippen LogP contribution in [0.3, 0.4) is 0 Å². The topological polar surface area (TPSA) is 20.3 Å². The first kappa shape index (κ1) is 18.8. The number of nitrogens with zero attached hydrogens (tertiary/aromatic N) is 1. The van der Waals surface area contributed by atoms with E-state index in [1.165, 1.54) is 11.6 Å². The van der Waals surface area contributed by atoms with Crippen LogP contribution in [0.4, 0.5) is 13.2 Å². The highest BCUT2D eigenvalue weighted by Gasteiger charge is 2.30. The van der Waals surface area contributed by atoms with E-state index in [-0.39, 0.29) is 12.3 Å². The van der Waals surface area contributed by atoms with Gasteiger partial charge in [-0.3, -0.25) is 4.79 Å². The van der Waals surface area contributed by atoms with Gasteiger partial charge in [-0.1, -0.05) is 48.5 Å². The summed E-state index contributed by atoms with van der Waals surface area (Å²) in [6.45, 7) is 1.26. The van der Waals surface area contributed by atoms with E-state index in [0.29, 0.717) is 23.9 Å². The molecule has 0 radical (unpaired) electrons. The van der Waals surface area contributed by atoms with Gasteiger partial charge in [-0.2, -0.15) is 24.9 Å². The number of halogens is 3. The van der Waals surface area contributed by atoms with E-state index >= 15 is 0 Å². The summed E-state index contributed by atoms with van der Waals surface area (Å²) in [6, 6.07) is 15.2. The fourth-order valence-electron chi connectivity index (χ4n) is 3.10. The monoisotopic (exact) mass is 379 g/mol. The van der Waals surface area contributed by atoms with Gasteiger partial charge in [-0.25, -0.2) is 0 Å². The minimum atomic E-state index is -4.39. The van der Waals surface area contributed by atoms with Gasteiger partial charge in [-0.05, 0) is 23.6 Å². The van der Waals surface area contributed by atoms with Crippen LogP contribution >= 0.6 is 11.8 Å². The molecule has 1 amide bonds. The van der Waals surface area contributed by atoms with Crippen LogP contribution in [0.25, 0.3) is 0 Å². The second-order valence-corrected chi connectivity index (χ2v) is 7.63. The van der Waals surface area contributed by atoms with Gasteiger partial charge in [0, 0.05) is 24.1 Å². The van der Waals surface area contributed by atoms with E-state index in [0.717, 1.165) is 24.3 Å². The molecule has 138 valence electrons. The zero-order valence-electron chi connectivity index (χ0n) is 14.2. The molecule has 1 aliphatic heterocycles. The van der Waals surface area contributed by atoms with Crippen LogP contribution in [-0.4, -0.2) is 29.6 Å². The lowest BCUT2D eigenvalue weighted by molar-refractivity contribution is -0.138. The van der Waals surface area contributed by atoms with Gasteiger partial charge in [0.25, 0.3) is 0 Å². The highest BCUT2D eigenvalue weighted by molar-refractivity contribution is 7.99. The predicted molar refractivity (Wildman–Crippen MR) is 98.0 cm³/mol. The van der Waals surface area contributed by atoms with Crippen LogP contribution in [0.15, 0.2) is 54.6 Å². The lowest BCUT2D eigenvalue weighted by Crippen LogP contribution is -2.34. The Labute approximate surface area is 155 Å². The maximum Gasteiger partial charge on any atom is 0.416 e. The van der Waals surface area contributed by atoms with E-state index in [1.807, 2.05) is 30.0 Å². The molecule has 0 bridgehead atoms. The van der Waals surface area contributed by atoms with Crippen LogP contribution in [0, 0.1) is 0 Å². The summed E-state index contributed by atoms with van der Waals surface area (Å²) >= 11 is 1.83. The molecule has 1 heterocycles. The summed E-state index contributed by atoms with van der Waals surface area (Å²) in [6.07, 6.45) is -3.53.